The Hall–Kier alpha value is -1.13. The molecule has 1 aromatic rings. The average molecular weight is 250 g/mol. The first kappa shape index (κ1) is 12.3. The van der Waals surface area contributed by atoms with Crippen LogP contribution in [0.4, 0.5) is 0 Å². The van der Waals surface area contributed by atoms with Gasteiger partial charge in [-0.25, -0.2) is 0 Å². The Labute approximate surface area is 106 Å². The molecule has 0 aliphatic carbocycles. The zero-order valence-corrected chi connectivity index (χ0v) is 10.9. The lowest BCUT2D eigenvalue weighted by Gasteiger charge is -2.30. The number of rotatable bonds is 3. The molecule has 0 aromatic carbocycles. The average Bonchev–Trinajstić information content (AvgIpc) is 2.89. The lowest BCUT2D eigenvalue weighted by molar-refractivity contribution is -0.127. The number of carbonyl (C=O) groups is 1. The predicted octanol–water partition coefficient (Wildman–Crippen LogP) is 1.97. The van der Waals surface area contributed by atoms with Gasteiger partial charge in [0.1, 0.15) is 0 Å². The van der Waals surface area contributed by atoms with Crippen LogP contribution in [0.3, 0.4) is 0 Å². The second-order valence-electron chi connectivity index (χ2n) is 4.30. The van der Waals surface area contributed by atoms with E-state index < -0.39 is 0 Å². The van der Waals surface area contributed by atoms with Crippen molar-refractivity contribution in [3.05, 3.63) is 28.5 Å². The maximum Gasteiger partial charge on any atom is 0.246 e. The van der Waals surface area contributed by atoms with Crippen molar-refractivity contribution in [1.29, 1.82) is 0 Å². The quantitative estimate of drug-likeness (QED) is 0.832. The minimum Gasteiger partial charge on any atom is -0.338 e. The van der Waals surface area contributed by atoms with E-state index in [1.165, 1.54) is 0 Å². The van der Waals surface area contributed by atoms with Crippen LogP contribution < -0.4 is 5.32 Å². The fourth-order valence-electron chi connectivity index (χ4n) is 2.00. The number of hydrogen-bond acceptors (Lipinski definition) is 3. The molecule has 0 saturated carbocycles. The lowest BCUT2D eigenvalue weighted by Crippen LogP contribution is -2.46. The zero-order chi connectivity index (χ0) is 12.1. The van der Waals surface area contributed by atoms with Gasteiger partial charge in [-0.05, 0) is 36.9 Å². The van der Waals surface area contributed by atoms with E-state index in [9.17, 15) is 4.79 Å². The van der Waals surface area contributed by atoms with Crippen molar-refractivity contribution in [1.82, 2.24) is 10.2 Å². The number of amides is 1. The molecule has 2 rings (SSSR count). The molecule has 1 fully saturated rings. The number of nitrogens with one attached hydrogen (secondary N) is 1. The number of carbonyl (C=O) groups excluding carboxylic acids is 1. The summed E-state index contributed by atoms with van der Waals surface area (Å²) in [5.74, 6) is 0.0899. The van der Waals surface area contributed by atoms with Gasteiger partial charge >= 0.3 is 0 Å². The Kier molecular flexibility index (Phi) is 4.34. The molecule has 2 heterocycles. The SMILES string of the molecule is CN(C(=O)/C=C/c1cccs1)C1CCCNC1. The van der Waals surface area contributed by atoms with Gasteiger partial charge in [-0.15, -0.1) is 11.3 Å². The summed E-state index contributed by atoms with van der Waals surface area (Å²) in [6.07, 6.45) is 5.80. The van der Waals surface area contributed by atoms with Gasteiger partial charge in [-0.1, -0.05) is 6.07 Å². The van der Waals surface area contributed by atoms with Crippen molar-refractivity contribution >= 4 is 23.3 Å². The molecule has 1 aliphatic rings. The van der Waals surface area contributed by atoms with Crippen molar-refractivity contribution < 1.29 is 4.79 Å². The normalized spacial score (nSPS) is 20.6. The number of piperidine rings is 1. The Morgan fingerprint density at radius 2 is 2.53 bits per heavy atom. The number of likely N-dealkylation sites (N-methyl/N-ethyl adjacent to an activating group) is 1. The van der Waals surface area contributed by atoms with E-state index in [1.807, 2.05) is 35.5 Å². The molecule has 1 amide bonds. The van der Waals surface area contributed by atoms with Gasteiger partial charge in [0.05, 0.1) is 0 Å². The zero-order valence-electron chi connectivity index (χ0n) is 10.1. The largest absolute Gasteiger partial charge is 0.338 e. The van der Waals surface area contributed by atoms with E-state index >= 15 is 0 Å². The molecule has 17 heavy (non-hydrogen) atoms. The third kappa shape index (κ3) is 3.41. The van der Waals surface area contributed by atoms with Crippen molar-refractivity contribution in [3.63, 3.8) is 0 Å². The van der Waals surface area contributed by atoms with E-state index in [0.29, 0.717) is 6.04 Å². The monoisotopic (exact) mass is 250 g/mol. The highest BCUT2D eigenvalue weighted by Crippen LogP contribution is 2.12. The molecule has 0 spiro atoms. The van der Waals surface area contributed by atoms with Crippen LogP contribution in [0.1, 0.15) is 17.7 Å². The molecule has 0 radical (unpaired) electrons. The van der Waals surface area contributed by atoms with Crippen molar-refractivity contribution in [2.75, 3.05) is 20.1 Å². The van der Waals surface area contributed by atoms with Gasteiger partial charge in [0.15, 0.2) is 0 Å². The van der Waals surface area contributed by atoms with Crippen LogP contribution in [0.2, 0.25) is 0 Å². The molecular weight excluding hydrogens is 232 g/mol. The third-order valence-corrected chi connectivity index (χ3v) is 3.94. The molecule has 1 aliphatic heterocycles. The second-order valence-corrected chi connectivity index (χ2v) is 5.28. The molecule has 1 unspecified atom stereocenters. The van der Waals surface area contributed by atoms with Gasteiger partial charge in [0.2, 0.25) is 5.91 Å². The topological polar surface area (TPSA) is 32.3 Å². The first-order valence-electron chi connectivity index (χ1n) is 5.96. The standard InChI is InChI=1S/C13H18N2OS/c1-15(11-4-2-8-14-10-11)13(16)7-6-12-5-3-9-17-12/h3,5-7,9,11,14H,2,4,8,10H2,1H3/b7-6+. The molecular formula is C13H18N2OS. The molecule has 1 aromatic heterocycles. The lowest BCUT2D eigenvalue weighted by atomic mass is 10.1. The predicted molar refractivity (Wildman–Crippen MR) is 72.0 cm³/mol. The second kappa shape index (κ2) is 5.98. The highest BCUT2D eigenvalue weighted by Gasteiger charge is 2.20. The van der Waals surface area contributed by atoms with Gasteiger partial charge in [-0.2, -0.15) is 0 Å². The van der Waals surface area contributed by atoms with E-state index in [2.05, 4.69) is 5.32 Å². The Morgan fingerprint density at radius 1 is 1.65 bits per heavy atom. The van der Waals surface area contributed by atoms with Crippen LogP contribution in [-0.2, 0) is 4.79 Å². The fourth-order valence-corrected chi connectivity index (χ4v) is 2.62. The van der Waals surface area contributed by atoms with E-state index in [4.69, 9.17) is 0 Å². The first-order valence-corrected chi connectivity index (χ1v) is 6.84. The van der Waals surface area contributed by atoms with Crippen LogP contribution in [0, 0.1) is 0 Å². The Morgan fingerprint density at radius 3 is 3.18 bits per heavy atom. The third-order valence-electron chi connectivity index (χ3n) is 3.10. The van der Waals surface area contributed by atoms with Gasteiger partial charge < -0.3 is 10.2 Å². The van der Waals surface area contributed by atoms with Crippen molar-refractivity contribution in [2.24, 2.45) is 0 Å². The van der Waals surface area contributed by atoms with E-state index in [0.717, 1.165) is 30.8 Å². The minimum atomic E-state index is 0.0899. The first-order chi connectivity index (χ1) is 8.27. The van der Waals surface area contributed by atoms with E-state index in [-0.39, 0.29) is 5.91 Å². The van der Waals surface area contributed by atoms with Crippen LogP contribution in [0.15, 0.2) is 23.6 Å². The molecule has 1 atom stereocenters. The Balaban J connectivity index is 1.90. The van der Waals surface area contributed by atoms with Gasteiger partial charge in [-0.3, -0.25) is 4.79 Å². The number of hydrogen-bond donors (Lipinski definition) is 1. The molecule has 4 heteroatoms. The number of nitrogens with zero attached hydrogens (tertiary/aromatic N) is 1. The smallest absolute Gasteiger partial charge is 0.246 e. The molecule has 0 bridgehead atoms. The maximum atomic E-state index is 12.0. The number of thiophene rings is 1. The van der Waals surface area contributed by atoms with Crippen molar-refractivity contribution in [3.8, 4) is 0 Å². The summed E-state index contributed by atoms with van der Waals surface area (Å²) in [4.78, 5) is 14.9. The highest BCUT2D eigenvalue weighted by atomic mass is 32.1. The van der Waals surface area contributed by atoms with Crippen molar-refractivity contribution in [2.45, 2.75) is 18.9 Å². The Bertz CT molecular complexity index is 380. The van der Waals surface area contributed by atoms with Crippen LogP contribution >= 0.6 is 11.3 Å². The van der Waals surface area contributed by atoms with Gasteiger partial charge in [0.25, 0.3) is 0 Å². The fraction of sp³-hybridized carbons (Fsp3) is 0.462. The summed E-state index contributed by atoms with van der Waals surface area (Å²) < 4.78 is 0. The molecule has 1 saturated heterocycles. The molecule has 92 valence electrons. The maximum absolute atomic E-state index is 12.0. The molecule has 3 nitrogen and oxygen atoms in total. The summed E-state index contributed by atoms with van der Waals surface area (Å²) >= 11 is 1.64. The van der Waals surface area contributed by atoms with Crippen LogP contribution in [0.5, 0.6) is 0 Å². The van der Waals surface area contributed by atoms with Crippen LogP contribution in [0.25, 0.3) is 6.08 Å². The molecule has 1 N–H and O–H groups in total. The summed E-state index contributed by atoms with van der Waals surface area (Å²) in [6, 6.07) is 4.34. The highest BCUT2D eigenvalue weighted by molar-refractivity contribution is 7.10. The summed E-state index contributed by atoms with van der Waals surface area (Å²) in [5, 5.41) is 5.34. The van der Waals surface area contributed by atoms with Crippen LogP contribution in [-0.4, -0.2) is 37.0 Å². The summed E-state index contributed by atoms with van der Waals surface area (Å²) in [7, 11) is 1.89. The summed E-state index contributed by atoms with van der Waals surface area (Å²) in [5.41, 5.74) is 0. The van der Waals surface area contributed by atoms with E-state index in [1.54, 1.807) is 17.4 Å². The van der Waals surface area contributed by atoms with Gasteiger partial charge in [0, 0.05) is 30.6 Å². The summed E-state index contributed by atoms with van der Waals surface area (Å²) in [6.45, 7) is 1.98. The minimum absolute atomic E-state index is 0.0899.